The standard InChI is InChI=1S/C15H15N3O4/c1-9-10(2)13(18(20)21)5-4-12(9)14-6-3-11(22-14)7-17-8-15(16)19/h3-7H,8H2,1-2H3,(H2,16,19). The highest BCUT2D eigenvalue weighted by atomic mass is 16.6. The van der Waals surface area contributed by atoms with E-state index in [1.54, 1.807) is 32.0 Å². The fourth-order valence-electron chi connectivity index (χ4n) is 2.06. The average Bonchev–Trinajstić information content (AvgIpc) is 2.89. The number of furan rings is 1. The quantitative estimate of drug-likeness (QED) is 0.519. The van der Waals surface area contributed by atoms with Crippen LogP contribution < -0.4 is 5.73 Å². The van der Waals surface area contributed by atoms with E-state index in [0.717, 1.165) is 11.1 Å². The number of carbonyl (C=O) groups excluding carboxylic acids is 1. The van der Waals surface area contributed by atoms with Crippen molar-refractivity contribution in [2.75, 3.05) is 6.54 Å². The Hall–Kier alpha value is -2.96. The van der Waals surface area contributed by atoms with Crippen LogP contribution in [-0.4, -0.2) is 23.6 Å². The molecule has 114 valence electrons. The summed E-state index contributed by atoms with van der Waals surface area (Å²) in [5.41, 5.74) is 7.23. The normalized spacial score (nSPS) is 11.0. The number of aliphatic imine (C=N–C) groups is 1. The fraction of sp³-hybridized carbons (Fsp3) is 0.200. The van der Waals surface area contributed by atoms with Crippen LogP contribution in [0.5, 0.6) is 0 Å². The lowest BCUT2D eigenvalue weighted by Crippen LogP contribution is -2.13. The van der Waals surface area contributed by atoms with Gasteiger partial charge in [-0.3, -0.25) is 19.9 Å². The molecule has 0 aliphatic carbocycles. The zero-order valence-corrected chi connectivity index (χ0v) is 12.2. The Morgan fingerprint density at radius 3 is 2.68 bits per heavy atom. The SMILES string of the molecule is Cc1c(-c2ccc(C=NCC(N)=O)o2)ccc([N+](=O)[O-])c1C. The lowest BCUT2D eigenvalue weighted by Gasteiger charge is -2.06. The van der Waals surface area contributed by atoms with Crippen LogP contribution in [0.2, 0.25) is 0 Å². The molecule has 1 amide bonds. The van der Waals surface area contributed by atoms with E-state index in [-0.39, 0.29) is 12.2 Å². The number of primary amides is 1. The van der Waals surface area contributed by atoms with Crippen LogP contribution >= 0.6 is 0 Å². The Bertz CT molecular complexity index is 762. The van der Waals surface area contributed by atoms with Crippen molar-refractivity contribution in [2.24, 2.45) is 10.7 Å². The van der Waals surface area contributed by atoms with Crippen LogP contribution in [0.15, 0.2) is 33.7 Å². The molecule has 0 spiro atoms. The molecule has 0 aliphatic heterocycles. The minimum absolute atomic E-state index is 0.0797. The van der Waals surface area contributed by atoms with Gasteiger partial charge in [0.1, 0.15) is 18.1 Å². The molecule has 2 aromatic rings. The summed E-state index contributed by atoms with van der Waals surface area (Å²) in [6, 6.07) is 6.57. The van der Waals surface area contributed by atoms with Gasteiger partial charge in [-0.15, -0.1) is 0 Å². The van der Waals surface area contributed by atoms with Crippen molar-refractivity contribution >= 4 is 17.8 Å². The maximum atomic E-state index is 10.9. The van der Waals surface area contributed by atoms with E-state index < -0.39 is 10.8 Å². The molecular weight excluding hydrogens is 286 g/mol. The molecule has 2 rings (SSSR count). The van der Waals surface area contributed by atoms with Gasteiger partial charge in [0.15, 0.2) is 0 Å². The summed E-state index contributed by atoms with van der Waals surface area (Å²) in [5, 5.41) is 10.9. The van der Waals surface area contributed by atoms with Crippen molar-refractivity contribution in [3.05, 3.63) is 51.3 Å². The molecule has 1 aromatic carbocycles. The highest BCUT2D eigenvalue weighted by Crippen LogP contribution is 2.31. The van der Waals surface area contributed by atoms with Crippen molar-refractivity contribution in [2.45, 2.75) is 13.8 Å². The minimum atomic E-state index is -0.523. The van der Waals surface area contributed by atoms with Crippen LogP contribution in [0.25, 0.3) is 11.3 Å². The first-order chi connectivity index (χ1) is 10.4. The van der Waals surface area contributed by atoms with Gasteiger partial charge in [-0.25, -0.2) is 0 Å². The number of hydrogen-bond donors (Lipinski definition) is 1. The molecule has 0 saturated carbocycles. The smallest absolute Gasteiger partial charge is 0.272 e. The Labute approximate surface area is 126 Å². The second kappa shape index (κ2) is 6.21. The summed E-state index contributed by atoms with van der Waals surface area (Å²) in [7, 11) is 0. The van der Waals surface area contributed by atoms with E-state index >= 15 is 0 Å². The molecule has 0 aliphatic rings. The molecule has 1 aromatic heterocycles. The molecule has 0 atom stereocenters. The van der Waals surface area contributed by atoms with Crippen LogP contribution in [0, 0.1) is 24.0 Å². The monoisotopic (exact) mass is 301 g/mol. The lowest BCUT2D eigenvalue weighted by molar-refractivity contribution is -0.385. The Balaban J connectivity index is 2.32. The number of amides is 1. The maximum Gasteiger partial charge on any atom is 0.272 e. The first kappa shape index (κ1) is 15.4. The molecule has 0 saturated heterocycles. The van der Waals surface area contributed by atoms with E-state index in [4.69, 9.17) is 10.2 Å². The van der Waals surface area contributed by atoms with Crippen molar-refractivity contribution in [3.63, 3.8) is 0 Å². The number of rotatable bonds is 5. The van der Waals surface area contributed by atoms with Gasteiger partial charge in [-0.2, -0.15) is 0 Å². The molecule has 0 bridgehead atoms. The molecule has 1 heterocycles. The van der Waals surface area contributed by atoms with E-state index in [1.807, 2.05) is 0 Å². The van der Waals surface area contributed by atoms with Crippen molar-refractivity contribution in [1.29, 1.82) is 0 Å². The van der Waals surface area contributed by atoms with Gasteiger partial charge in [-0.05, 0) is 37.6 Å². The molecule has 0 fully saturated rings. The zero-order valence-electron chi connectivity index (χ0n) is 12.2. The number of benzene rings is 1. The summed E-state index contributed by atoms with van der Waals surface area (Å²) in [4.78, 5) is 25.0. The maximum absolute atomic E-state index is 10.9. The fourth-order valence-corrected chi connectivity index (χ4v) is 2.06. The number of hydrogen-bond acceptors (Lipinski definition) is 5. The number of nitrogens with zero attached hydrogens (tertiary/aromatic N) is 2. The van der Waals surface area contributed by atoms with E-state index in [1.165, 1.54) is 12.3 Å². The lowest BCUT2D eigenvalue weighted by atomic mass is 10.00. The second-order valence-electron chi connectivity index (χ2n) is 4.78. The predicted molar refractivity (Wildman–Crippen MR) is 81.9 cm³/mol. The van der Waals surface area contributed by atoms with Gasteiger partial charge < -0.3 is 10.2 Å². The van der Waals surface area contributed by atoms with Crippen molar-refractivity contribution in [3.8, 4) is 11.3 Å². The summed E-state index contributed by atoms with van der Waals surface area (Å²) in [6.07, 6.45) is 1.42. The molecule has 7 heteroatoms. The molecule has 7 nitrogen and oxygen atoms in total. The van der Waals surface area contributed by atoms with E-state index in [2.05, 4.69) is 4.99 Å². The molecule has 22 heavy (non-hydrogen) atoms. The molecule has 0 radical (unpaired) electrons. The summed E-state index contributed by atoms with van der Waals surface area (Å²) >= 11 is 0. The molecule has 2 N–H and O–H groups in total. The van der Waals surface area contributed by atoms with Crippen molar-refractivity contribution < 1.29 is 14.1 Å². The largest absolute Gasteiger partial charge is 0.455 e. The first-order valence-electron chi connectivity index (χ1n) is 6.53. The van der Waals surface area contributed by atoms with Gasteiger partial charge in [0, 0.05) is 17.2 Å². The third-order valence-corrected chi connectivity index (χ3v) is 3.31. The van der Waals surface area contributed by atoms with Crippen molar-refractivity contribution in [1.82, 2.24) is 0 Å². The van der Waals surface area contributed by atoms with Crippen LogP contribution in [0.1, 0.15) is 16.9 Å². The number of nitro groups is 1. The number of nitro benzene ring substituents is 1. The third-order valence-electron chi connectivity index (χ3n) is 3.31. The summed E-state index contributed by atoms with van der Waals surface area (Å²) in [6.45, 7) is 3.40. The van der Waals surface area contributed by atoms with Gasteiger partial charge in [0.05, 0.1) is 11.1 Å². The van der Waals surface area contributed by atoms with E-state index in [9.17, 15) is 14.9 Å². The third kappa shape index (κ3) is 3.20. The Kier molecular flexibility index (Phi) is 4.36. The molecule has 0 unspecified atom stereocenters. The highest BCUT2D eigenvalue weighted by molar-refractivity contribution is 5.82. The van der Waals surface area contributed by atoms with Crippen LogP contribution in [0.4, 0.5) is 5.69 Å². The summed E-state index contributed by atoms with van der Waals surface area (Å²) in [5.74, 6) is 0.535. The predicted octanol–water partition coefficient (Wildman–Crippen LogP) is 2.38. The van der Waals surface area contributed by atoms with Gasteiger partial charge in [0.2, 0.25) is 5.91 Å². The zero-order chi connectivity index (χ0) is 16.3. The number of nitrogens with two attached hydrogens (primary N) is 1. The average molecular weight is 301 g/mol. The first-order valence-corrected chi connectivity index (χ1v) is 6.53. The number of carbonyl (C=O) groups is 1. The minimum Gasteiger partial charge on any atom is -0.455 e. The van der Waals surface area contributed by atoms with Crippen LogP contribution in [0.3, 0.4) is 0 Å². The van der Waals surface area contributed by atoms with Gasteiger partial charge >= 0.3 is 0 Å². The topological polar surface area (TPSA) is 112 Å². The van der Waals surface area contributed by atoms with E-state index in [0.29, 0.717) is 17.1 Å². The Morgan fingerprint density at radius 2 is 2.05 bits per heavy atom. The van der Waals surface area contributed by atoms with Gasteiger partial charge in [0.25, 0.3) is 5.69 Å². The summed E-state index contributed by atoms with van der Waals surface area (Å²) < 4.78 is 5.62. The van der Waals surface area contributed by atoms with Crippen LogP contribution in [-0.2, 0) is 4.79 Å². The highest BCUT2D eigenvalue weighted by Gasteiger charge is 2.16. The molecular formula is C15H15N3O4. The van der Waals surface area contributed by atoms with Gasteiger partial charge in [-0.1, -0.05) is 0 Å². The Morgan fingerprint density at radius 1 is 1.32 bits per heavy atom. The second-order valence-corrected chi connectivity index (χ2v) is 4.78.